The van der Waals surface area contributed by atoms with Crippen LogP contribution in [0.1, 0.15) is 37.4 Å². The summed E-state index contributed by atoms with van der Waals surface area (Å²) in [6, 6.07) is 5.70. The van der Waals surface area contributed by atoms with Crippen molar-refractivity contribution in [2.75, 3.05) is 5.73 Å². The Morgan fingerprint density at radius 3 is 2.70 bits per heavy atom. The van der Waals surface area contributed by atoms with Crippen LogP contribution in [-0.4, -0.2) is 9.55 Å². The average molecular weight is 355 g/mol. The molecule has 0 unspecified atom stereocenters. The Labute approximate surface area is 132 Å². The van der Waals surface area contributed by atoms with Crippen LogP contribution in [0.15, 0.2) is 22.7 Å². The summed E-state index contributed by atoms with van der Waals surface area (Å²) in [4.78, 5) is 4.82. The van der Waals surface area contributed by atoms with E-state index in [1.807, 2.05) is 29.8 Å². The number of imidazole rings is 1. The highest BCUT2D eigenvalue weighted by Gasteiger charge is 2.24. The van der Waals surface area contributed by atoms with Crippen LogP contribution in [0, 0.1) is 0 Å². The highest BCUT2D eigenvalue weighted by Crippen LogP contribution is 2.39. The molecule has 1 aromatic carbocycles. The van der Waals surface area contributed by atoms with Gasteiger partial charge in [-0.1, -0.05) is 46.4 Å². The third-order valence-electron chi connectivity index (χ3n) is 4.08. The second-order valence-corrected chi connectivity index (χ2v) is 6.66. The molecule has 0 radical (unpaired) electrons. The van der Waals surface area contributed by atoms with Gasteiger partial charge in [0.1, 0.15) is 17.3 Å². The summed E-state index contributed by atoms with van der Waals surface area (Å²) >= 11 is 9.54. The first-order valence-corrected chi connectivity index (χ1v) is 8.02. The minimum Gasteiger partial charge on any atom is -0.383 e. The van der Waals surface area contributed by atoms with Gasteiger partial charge >= 0.3 is 0 Å². The highest BCUT2D eigenvalue weighted by atomic mass is 79.9. The molecular formula is C15H17BrClN3. The van der Waals surface area contributed by atoms with Crippen LogP contribution in [0.4, 0.5) is 5.82 Å². The molecule has 1 saturated carbocycles. The van der Waals surface area contributed by atoms with Crippen molar-refractivity contribution in [1.82, 2.24) is 9.55 Å². The summed E-state index contributed by atoms with van der Waals surface area (Å²) < 4.78 is 2.96. The van der Waals surface area contributed by atoms with Gasteiger partial charge in [-0.25, -0.2) is 4.98 Å². The zero-order valence-corrected chi connectivity index (χ0v) is 13.7. The highest BCUT2D eigenvalue weighted by molar-refractivity contribution is 9.10. The minimum atomic E-state index is 0.544. The number of halogens is 2. The number of anilines is 1. The molecule has 0 spiro atoms. The molecule has 0 amide bonds. The van der Waals surface area contributed by atoms with E-state index in [-0.39, 0.29) is 0 Å². The molecule has 3 nitrogen and oxygen atoms in total. The Kier molecular flexibility index (Phi) is 3.78. The lowest BCUT2D eigenvalue weighted by atomic mass is 10.1. The van der Waals surface area contributed by atoms with Gasteiger partial charge in [0.05, 0.1) is 0 Å². The van der Waals surface area contributed by atoms with Crippen LogP contribution in [0.5, 0.6) is 0 Å². The number of hydrogen-bond acceptors (Lipinski definition) is 2. The van der Waals surface area contributed by atoms with Crippen LogP contribution in [-0.2, 0) is 7.05 Å². The SMILES string of the molecule is Cn1c(C2CCCC2)nc(-c2ccc(Cl)cc2Br)c1N. The maximum absolute atomic E-state index is 6.26. The van der Waals surface area contributed by atoms with Gasteiger partial charge in [0.2, 0.25) is 0 Å². The van der Waals surface area contributed by atoms with Gasteiger partial charge < -0.3 is 10.3 Å². The van der Waals surface area contributed by atoms with Gasteiger partial charge in [0.25, 0.3) is 0 Å². The number of hydrogen-bond donors (Lipinski definition) is 1. The number of nitrogens with zero attached hydrogens (tertiary/aromatic N) is 2. The Hall–Kier alpha value is -1.00. The quantitative estimate of drug-likeness (QED) is 0.846. The number of benzene rings is 1. The molecule has 0 saturated heterocycles. The first-order valence-electron chi connectivity index (χ1n) is 6.85. The Balaban J connectivity index is 2.07. The van der Waals surface area contributed by atoms with Crippen molar-refractivity contribution in [3.63, 3.8) is 0 Å². The zero-order chi connectivity index (χ0) is 14.3. The van der Waals surface area contributed by atoms with Gasteiger partial charge in [0.15, 0.2) is 0 Å². The van der Waals surface area contributed by atoms with Gasteiger partial charge in [-0.05, 0) is 25.0 Å². The van der Waals surface area contributed by atoms with Crippen molar-refractivity contribution in [2.45, 2.75) is 31.6 Å². The molecule has 0 aliphatic heterocycles. The maximum Gasteiger partial charge on any atom is 0.131 e. The van der Waals surface area contributed by atoms with E-state index in [9.17, 15) is 0 Å². The van der Waals surface area contributed by atoms with Crippen molar-refractivity contribution in [1.29, 1.82) is 0 Å². The predicted octanol–water partition coefficient (Wildman–Crippen LogP) is 4.74. The summed E-state index contributed by atoms with van der Waals surface area (Å²) in [6.07, 6.45) is 5.01. The van der Waals surface area contributed by atoms with Gasteiger partial charge in [-0.2, -0.15) is 0 Å². The number of aromatic nitrogens is 2. The third kappa shape index (κ3) is 2.35. The smallest absolute Gasteiger partial charge is 0.131 e. The Bertz CT molecular complexity index is 645. The fourth-order valence-corrected chi connectivity index (χ4v) is 3.83. The van der Waals surface area contributed by atoms with Gasteiger partial charge in [-0.3, -0.25) is 0 Å². The Morgan fingerprint density at radius 1 is 1.35 bits per heavy atom. The number of nitrogens with two attached hydrogens (primary N) is 1. The van der Waals surface area contributed by atoms with E-state index < -0.39 is 0 Å². The zero-order valence-electron chi connectivity index (χ0n) is 11.4. The summed E-state index contributed by atoms with van der Waals surface area (Å²) in [5.41, 5.74) is 8.09. The molecule has 5 heteroatoms. The van der Waals surface area contributed by atoms with Crippen molar-refractivity contribution >= 4 is 33.3 Å². The van der Waals surface area contributed by atoms with E-state index in [0.717, 1.165) is 27.4 Å². The van der Waals surface area contributed by atoms with Crippen LogP contribution < -0.4 is 5.73 Å². The van der Waals surface area contributed by atoms with E-state index in [2.05, 4.69) is 15.9 Å². The molecule has 1 fully saturated rings. The first-order chi connectivity index (χ1) is 9.58. The van der Waals surface area contributed by atoms with Crippen molar-refractivity contribution in [3.8, 4) is 11.3 Å². The molecule has 1 aliphatic carbocycles. The van der Waals surface area contributed by atoms with Crippen molar-refractivity contribution < 1.29 is 0 Å². The fraction of sp³-hybridized carbons (Fsp3) is 0.400. The molecule has 0 atom stereocenters. The molecule has 2 aromatic rings. The lowest BCUT2D eigenvalue weighted by Crippen LogP contribution is -2.05. The Morgan fingerprint density at radius 2 is 2.05 bits per heavy atom. The second-order valence-electron chi connectivity index (χ2n) is 5.37. The van der Waals surface area contributed by atoms with E-state index in [0.29, 0.717) is 10.9 Å². The third-order valence-corrected chi connectivity index (χ3v) is 4.97. The van der Waals surface area contributed by atoms with E-state index in [4.69, 9.17) is 22.3 Å². The summed E-state index contributed by atoms with van der Waals surface area (Å²) in [7, 11) is 2.00. The van der Waals surface area contributed by atoms with E-state index in [1.54, 1.807) is 0 Å². The first kappa shape index (κ1) is 14.0. The molecule has 1 aliphatic rings. The predicted molar refractivity (Wildman–Crippen MR) is 87.0 cm³/mol. The molecule has 1 aromatic heterocycles. The van der Waals surface area contributed by atoms with Gasteiger partial charge in [0, 0.05) is 28.0 Å². The molecule has 3 rings (SSSR count). The summed E-state index contributed by atoms with van der Waals surface area (Å²) in [6.45, 7) is 0. The van der Waals surface area contributed by atoms with Crippen LogP contribution in [0.25, 0.3) is 11.3 Å². The largest absolute Gasteiger partial charge is 0.383 e. The lowest BCUT2D eigenvalue weighted by molar-refractivity contribution is 0.635. The molecule has 2 N–H and O–H groups in total. The summed E-state index contributed by atoms with van der Waals surface area (Å²) in [5.74, 6) is 2.37. The topological polar surface area (TPSA) is 43.8 Å². The average Bonchev–Trinajstić information content (AvgIpc) is 3.01. The number of rotatable bonds is 2. The van der Waals surface area contributed by atoms with Crippen molar-refractivity contribution in [3.05, 3.63) is 33.5 Å². The standard InChI is InChI=1S/C15H17BrClN3/c1-20-14(18)13(11-7-6-10(17)8-12(11)16)19-15(20)9-4-2-3-5-9/h6-9H,2-5,18H2,1H3. The van der Waals surface area contributed by atoms with E-state index in [1.165, 1.54) is 25.7 Å². The molecule has 0 bridgehead atoms. The lowest BCUT2D eigenvalue weighted by Gasteiger charge is -2.08. The molecule has 1 heterocycles. The normalized spacial score (nSPS) is 15.9. The van der Waals surface area contributed by atoms with Crippen LogP contribution in [0.2, 0.25) is 5.02 Å². The second kappa shape index (κ2) is 5.41. The summed E-state index contributed by atoms with van der Waals surface area (Å²) in [5, 5.41) is 0.700. The van der Waals surface area contributed by atoms with E-state index >= 15 is 0 Å². The fourth-order valence-electron chi connectivity index (χ4n) is 2.96. The minimum absolute atomic E-state index is 0.544. The van der Waals surface area contributed by atoms with Gasteiger partial charge in [-0.15, -0.1) is 0 Å². The number of nitrogen functional groups attached to an aromatic ring is 1. The monoisotopic (exact) mass is 353 g/mol. The molecule has 20 heavy (non-hydrogen) atoms. The maximum atomic E-state index is 6.26. The molecular weight excluding hydrogens is 338 g/mol. The van der Waals surface area contributed by atoms with Crippen LogP contribution >= 0.6 is 27.5 Å². The van der Waals surface area contributed by atoms with Crippen LogP contribution in [0.3, 0.4) is 0 Å². The van der Waals surface area contributed by atoms with Crippen molar-refractivity contribution in [2.24, 2.45) is 7.05 Å². The molecule has 106 valence electrons.